The molecule has 26 heavy (non-hydrogen) atoms. The minimum absolute atomic E-state index is 0.349. The van der Waals surface area contributed by atoms with Crippen molar-refractivity contribution in [3.8, 4) is 0 Å². The van der Waals surface area contributed by atoms with E-state index in [-0.39, 0.29) is 6.03 Å². The van der Waals surface area contributed by atoms with Crippen molar-refractivity contribution >= 4 is 23.6 Å². The molecule has 0 aliphatic carbocycles. The van der Waals surface area contributed by atoms with E-state index < -0.39 is 0 Å². The van der Waals surface area contributed by atoms with Crippen LogP contribution in [0.25, 0.3) is 0 Å². The Morgan fingerprint density at radius 1 is 1.04 bits per heavy atom. The van der Waals surface area contributed by atoms with E-state index in [1.165, 1.54) is 18.5 Å². The van der Waals surface area contributed by atoms with E-state index in [1.807, 2.05) is 26.0 Å². The van der Waals surface area contributed by atoms with Crippen molar-refractivity contribution in [1.29, 1.82) is 0 Å². The Morgan fingerprint density at radius 2 is 1.73 bits per heavy atom. The lowest BCUT2D eigenvalue weighted by molar-refractivity contribution is 0.252. The predicted molar refractivity (Wildman–Crippen MR) is 108 cm³/mol. The van der Waals surface area contributed by atoms with Gasteiger partial charge in [-0.1, -0.05) is 12.1 Å². The highest BCUT2D eigenvalue weighted by Gasteiger charge is 2.12. The Morgan fingerprint density at radius 3 is 2.38 bits per heavy atom. The summed E-state index contributed by atoms with van der Waals surface area (Å²) in [6, 6.07) is 11.9. The van der Waals surface area contributed by atoms with Crippen LogP contribution in [0.2, 0.25) is 0 Å². The maximum absolute atomic E-state index is 12.0. The van der Waals surface area contributed by atoms with Crippen LogP contribution in [0.15, 0.2) is 41.5 Å². The summed E-state index contributed by atoms with van der Waals surface area (Å²) in [4.78, 5) is 14.4. The molecule has 1 heterocycles. The summed E-state index contributed by atoms with van der Waals surface area (Å²) in [6.45, 7) is 8.34. The Hall–Kier alpha value is -2.82. The van der Waals surface area contributed by atoms with E-state index >= 15 is 0 Å². The molecule has 0 radical (unpaired) electrons. The summed E-state index contributed by atoms with van der Waals surface area (Å²) in [6.07, 6.45) is 4.22. The minimum atomic E-state index is -0.349. The van der Waals surface area contributed by atoms with Gasteiger partial charge in [-0.15, -0.1) is 0 Å². The zero-order chi connectivity index (χ0) is 18.5. The largest absolute Gasteiger partial charge is 0.372 e. The zero-order valence-electron chi connectivity index (χ0n) is 15.7. The second-order valence-electron chi connectivity index (χ2n) is 6.94. The van der Waals surface area contributed by atoms with Gasteiger partial charge in [-0.05, 0) is 80.1 Å². The molecule has 0 unspecified atom stereocenters. The van der Waals surface area contributed by atoms with E-state index in [1.54, 1.807) is 6.21 Å². The SMILES string of the molecule is Cc1cc(C)cc(NC(=O)N/N=C/c2ccc(N3CCCC3)cc2C)c1. The lowest BCUT2D eigenvalue weighted by Gasteiger charge is -2.18. The molecule has 2 aromatic carbocycles. The molecular formula is C21H26N4O. The van der Waals surface area contributed by atoms with Crippen LogP contribution in [-0.2, 0) is 0 Å². The number of anilines is 2. The first-order chi connectivity index (χ1) is 12.5. The summed E-state index contributed by atoms with van der Waals surface area (Å²) >= 11 is 0. The molecule has 3 rings (SSSR count). The van der Waals surface area contributed by atoms with Crippen LogP contribution in [0.5, 0.6) is 0 Å². The molecule has 5 nitrogen and oxygen atoms in total. The van der Waals surface area contributed by atoms with Crippen LogP contribution < -0.4 is 15.6 Å². The first kappa shape index (κ1) is 18.0. The molecule has 0 atom stereocenters. The molecule has 0 aromatic heterocycles. The van der Waals surface area contributed by atoms with Gasteiger partial charge in [0.05, 0.1) is 6.21 Å². The average molecular weight is 350 g/mol. The Bertz CT molecular complexity index is 803. The second kappa shape index (κ2) is 8.04. The maximum atomic E-state index is 12.0. The van der Waals surface area contributed by atoms with Gasteiger partial charge in [0.1, 0.15) is 0 Å². The number of amides is 2. The highest BCUT2D eigenvalue weighted by atomic mass is 16.2. The quantitative estimate of drug-likeness (QED) is 0.635. The van der Waals surface area contributed by atoms with Gasteiger partial charge >= 0.3 is 6.03 Å². The number of nitrogens with zero attached hydrogens (tertiary/aromatic N) is 2. The number of nitrogens with one attached hydrogen (secondary N) is 2. The summed E-state index contributed by atoms with van der Waals surface area (Å²) in [5.74, 6) is 0. The number of hydrazone groups is 1. The summed E-state index contributed by atoms with van der Waals surface area (Å²) < 4.78 is 0. The fourth-order valence-electron chi connectivity index (χ4n) is 3.34. The van der Waals surface area contributed by atoms with Crippen molar-refractivity contribution in [3.63, 3.8) is 0 Å². The monoisotopic (exact) mass is 350 g/mol. The summed E-state index contributed by atoms with van der Waals surface area (Å²) in [7, 11) is 0. The van der Waals surface area contributed by atoms with Crippen LogP contribution in [0, 0.1) is 20.8 Å². The van der Waals surface area contributed by atoms with Crippen molar-refractivity contribution in [1.82, 2.24) is 5.43 Å². The van der Waals surface area contributed by atoms with Crippen LogP contribution in [0.1, 0.15) is 35.1 Å². The van der Waals surface area contributed by atoms with Crippen LogP contribution in [-0.4, -0.2) is 25.3 Å². The van der Waals surface area contributed by atoms with Gasteiger partial charge in [0.2, 0.25) is 0 Å². The fourth-order valence-corrected chi connectivity index (χ4v) is 3.34. The van der Waals surface area contributed by atoms with Crippen molar-refractivity contribution in [2.75, 3.05) is 23.3 Å². The third kappa shape index (κ3) is 4.63. The van der Waals surface area contributed by atoms with Gasteiger partial charge in [0.15, 0.2) is 0 Å². The Kier molecular flexibility index (Phi) is 5.56. The zero-order valence-corrected chi connectivity index (χ0v) is 15.7. The number of carbonyl (C=O) groups excluding carboxylic acids is 1. The number of benzene rings is 2. The second-order valence-corrected chi connectivity index (χ2v) is 6.94. The molecule has 1 aliphatic heterocycles. The van der Waals surface area contributed by atoms with Gasteiger partial charge in [-0.3, -0.25) is 0 Å². The highest BCUT2D eigenvalue weighted by molar-refractivity contribution is 5.90. The van der Waals surface area contributed by atoms with Gasteiger partial charge in [0, 0.05) is 24.5 Å². The molecule has 136 valence electrons. The van der Waals surface area contributed by atoms with E-state index in [2.05, 4.69) is 51.9 Å². The summed E-state index contributed by atoms with van der Waals surface area (Å²) in [5, 5.41) is 6.87. The predicted octanol–water partition coefficient (Wildman–Crippen LogP) is 4.37. The molecule has 0 saturated carbocycles. The molecule has 2 N–H and O–H groups in total. The van der Waals surface area contributed by atoms with Crippen LogP contribution >= 0.6 is 0 Å². The van der Waals surface area contributed by atoms with E-state index in [0.717, 1.165) is 41.0 Å². The van der Waals surface area contributed by atoms with Gasteiger partial charge in [-0.2, -0.15) is 5.10 Å². The fraction of sp³-hybridized carbons (Fsp3) is 0.333. The number of aryl methyl sites for hydroxylation is 3. The molecule has 2 aromatic rings. The molecule has 1 fully saturated rings. The first-order valence-electron chi connectivity index (χ1n) is 9.05. The molecule has 2 amide bonds. The van der Waals surface area contributed by atoms with E-state index in [0.29, 0.717) is 0 Å². The minimum Gasteiger partial charge on any atom is -0.372 e. The van der Waals surface area contributed by atoms with Gasteiger partial charge in [0.25, 0.3) is 0 Å². The number of hydrogen-bond donors (Lipinski definition) is 2. The van der Waals surface area contributed by atoms with Crippen LogP contribution in [0.4, 0.5) is 16.2 Å². The van der Waals surface area contributed by atoms with E-state index in [9.17, 15) is 4.79 Å². The summed E-state index contributed by atoms with van der Waals surface area (Å²) in [5.41, 5.74) is 8.92. The van der Waals surface area contributed by atoms with Crippen molar-refractivity contribution < 1.29 is 4.79 Å². The van der Waals surface area contributed by atoms with Gasteiger partial charge < -0.3 is 10.2 Å². The standard InChI is InChI=1S/C21H26N4O/c1-15-10-16(2)12-19(11-15)23-21(26)24-22-14-18-6-7-20(13-17(18)3)25-8-4-5-9-25/h6-7,10-14H,4-5,8-9H2,1-3H3,(H2,23,24,26)/b22-14+. The molecule has 0 spiro atoms. The van der Waals surface area contributed by atoms with Crippen molar-refractivity contribution in [2.24, 2.45) is 5.10 Å². The highest BCUT2D eigenvalue weighted by Crippen LogP contribution is 2.22. The number of hydrogen-bond acceptors (Lipinski definition) is 3. The Labute approximate surface area is 155 Å². The molecule has 5 heteroatoms. The molecular weight excluding hydrogens is 324 g/mol. The number of urea groups is 1. The van der Waals surface area contributed by atoms with Gasteiger partial charge in [-0.25, -0.2) is 10.2 Å². The third-order valence-corrected chi connectivity index (χ3v) is 4.57. The average Bonchev–Trinajstić information content (AvgIpc) is 3.09. The molecule has 1 saturated heterocycles. The normalized spacial score (nSPS) is 14.0. The topological polar surface area (TPSA) is 56.7 Å². The lowest BCUT2D eigenvalue weighted by atomic mass is 10.1. The van der Waals surface area contributed by atoms with Crippen molar-refractivity contribution in [3.05, 3.63) is 58.7 Å². The number of rotatable bonds is 4. The van der Waals surface area contributed by atoms with Crippen LogP contribution in [0.3, 0.4) is 0 Å². The first-order valence-corrected chi connectivity index (χ1v) is 9.05. The Balaban J connectivity index is 1.58. The third-order valence-electron chi connectivity index (χ3n) is 4.57. The number of carbonyl (C=O) groups is 1. The maximum Gasteiger partial charge on any atom is 0.339 e. The molecule has 1 aliphatic rings. The molecule has 0 bridgehead atoms. The smallest absolute Gasteiger partial charge is 0.339 e. The lowest BCUT2D eigenvalue weighted by Crippen LogP contribution is -2.24. The van der Waals surface area contributed by atoms with E-state index in [4.69, 9.17) is 0 Å². The van der Waals surface area contributed by atoms with Crippen molar-refractivity contribution in [2.45, 2.75) is 33.6 Å².